The number of aromatic nitrogens is 2. The summed E-state index contributed by atoms with van der Waals surface area (Å²) in [7, 11) is 0. The highest BCUT2D eigenvalue weighted by Gasteiger charge is 2.21. The predicted octanol–water partition coefficient (Wildman–Crippen LogP) is 3.64. The van der Waals surface area contributed by atoms with Crippen molar-refractivity contribution in [2.24, 2.45) is 0 Å². The molecule has 0 saturated carbocycles. The van der Waals surface area contributed by atoms with Crippen molar-refractivity contribution in [3.8, 4) is 11.1 Å². The van der Waals surface area contributed by atoms with E-state index in [-0.39, 0.29) is 0 Å². The van der Waals surface area contributed by atoms with Crippen LogP contribution in [-0.4, -0.2) is 9.97 Å². The molecule has 2 heterocycles. The van der Waals surface area contributed by atoms with E-state index in [4.69, 9.17) is 0 Å². The number of rotatable bonds is 2. The highest BCUT2D eigenvalue weighted by Crippen LogP contribution is 2.37. The second kappa shape index (κ2) is 4.57. The molecule has 0 saturated heterocycles. The van der Waals surface area contributed by atoms with Crippen LogP contribution in [0.25, 0.3) is 11.1 Å². The zero-order valence-electron chi connectivity index (χ0n) is 11.1. The molecule has 96 valence electrons. The molecule has 4 rings (SSSR count). The van der Waals surface area contributed by atoms with Gasteiger partial charge in [-0.05, 0) is 46.0 Å². The topological polar surface area (TPSA) is 25.8 Å². The van der Waals surface area contributed by atoms with Crippen molar-refractivity contribution in [3.05, 3.63) is 83.4 Å². The zero-order valence-corrected chi connectivity index (χ0v) is 11.1. The minimum Gasteiger partial charge on any atom is -0.265 e. The Hall–Kier alpha value is -2.48. The van der Waals surface area contributed by atoms with E-state index in [0.29, 0.717) is 0 Å². The number of hydrogen-bond donors (Lipinski definition) is 0. The SMILES string of the molecule is c1ccc2c(c1)Cc1c-2ccnc1Cc1ccncc1. The molecule has 0 aliphatic heterocycles. The van der Waals surface area contributed by atoms with E-state index in [2.05, 4.69) is 52.4 Å². The molecule has 0 radical (unpaired) electrons. The summed E-state index contributed by atoms with van der Waals surface area (Å²) in [6.07, 6.45) is 7.48. The van der Waals surface area contributed by atoms with Gasteiger partial charge in [0.15, 0.2) is 0 Å². The zero-order chi connectivity index (χ0) is 13.4. The van der Waals surface area contributed by atoms with E-state index in [1.165, 1.54) is 33.5 Å². The first-order valence-corrected chi connectivity index (χ1v) is 6.86. The van der Waals surface area contributed by atoms with Crippen molar-refractivity contribution in [2.75, 3.05) is 0 Å². The molecule has 3 aromatic rings. The Morgan fingerprint density at radius 1 is 0.850 bits per heavy atom. The van der Waals surface area contributed by atoms with Crippen LogP contribution >= 0.6 is 0 Å². The lowest BCUT2D eigenvalue weighted by molar-refractivity contribution is 1.02. The fourth-order valence-corrected chi connectivity index (χ4v) is 2.96. The maximum atomic E-state index is 4.61. The number of fused-ring (bicyclic) bond motifs is 3. The van der Waals surface area contributed by atoms with Crippen molar-refractivity contribution >= 4 is 0 Å². The Kier molecular flexibility index (Phi) is 2.59. The van der Waals surface area contributed by atoms with Crippen LogP contribution in [0.15, 0.2) is 61.1 Å². The van der Waals surface area contributed by atoms with Gasteiger partial charge in [-0.1, -0.05) is 24.3 Å². The summed E-state index contributed by atoms with van der Waals surface area (Å²) in [4.78, 5) is 8.68. The van der Waals surface area contributed by atoms with Crippen molar-refractivity contribution in [1.82, 2.24) is 9.97 Å². The Morgan fingerprint density at radius 3 is 2.60 bits per heavy atom. The van der Waals surface area contributed by atoms with E-state index in [1.54, 1.807) is 0 Å². The summed E-state index contributed by atoms with van der Waals surface area (Å²) in [6, 6.07) is 14.9. The van der Waals surface area contributed by atoms with Gasteiger partial charge in [-0.25, -0.2) is 0 Å². The van der Waals surface area contributed by atoms with Crippen LogP contribution < -0.4 is 0 Å². The number of hydrogen-bond acceptors (Lipinski definition) is 2. The van der Waals surface area contributed by atoms with Crippen molar-refractivity contribution < 1.29 is 0 Å². The molecule has 0 unspecified atom stereocenters. The fourth-order valence-electron chi connectivity index (χ4n) is 2.96. The lowest BCUT2D eigenvalue weighted by atomic mass is 10.0. The fraction of sp³-hybridized carbons (Fsp3) is 0.111. The lowest BCUT2D eigenvalue weighted by Gasteiger charge is -2.07. The summed E-state index contributed by atoms with van der Waals surface area (Å²) in [5.74, 6) is 0. The quantitative estimate of drug-likeness (QED) is 0.548. The summed E-state index contributed by atoms with van der Waals surface area (Å²) in [6.45, 7) is 0. The van der Waals surface area contributed by atoms with Crippen LogP contribution in [0.4, 0.5) is 0 Å². The monoisotopic (exact) mass is 258 g/mol. The van der Waals surface area contributed by atoms with E-state index in [1.807, 2.05) is 18.6 Å². The number of pyridine rings is 2. The minimum absolute atomic E-state index is 0.875. The number of benzene rings is 1. The largest absolute Gasteiger partial charge is 0.265 e. The van der Waals surface area contributed by atoms with Gasteiger partial charge in [-0.3, -0.25) is 9.97 Å². The standard InChI is InChI=1S/C18H14N2/c1-2-4-15-14(3-1)12-17-16(15)7-10-20-18(17)11-13-5-8-19-9-6-13/h1-10H,11-12H2. The van der Waals surface area contributed by atoms with Gasteiger partial charge in [0.05, 0.1) is 0 Å². The molecule has 0 amide bonds. The van der Waals surface area contributed by atoms with E-state index in [0.717, 1.165) is 12.8 Å². The molecule has 1 aromatic carbocycles. The molecule has 1 aliphatic carbocycles. The molecule has 0 N–H and O–H groups in total. The van der Waals surface area contributed by atoms with E-state index in [9.17, 15) is 0 Å². The molecule has 2 nitrogen and oxygen atoms in total. The van der Waals surface area contributed by atoms with Gasteiger partial charge >= 0.3 is 0 Å². The van der Waals surface area contributed by atoms with E-state index < -0.39 is 0 Å². The first-order valence-electron chi connectivity index (χ1n) is 6.86. The molecule has 0 spiro atoms. The molecular formula is C18H14N2. The maximum absolute atomic E-state index is 4.61. The van der Waals surface area contributed by atoms with Crippen LogP contribution in [0.3, 0.4) is 0 Å². The van der Waals surface area contributed by atoms with E-state index >= 15 is 0 Å². The first-order chi connectivity index (χ1) is 9.92. The van der Waals surface area contributed by atoms with Crippen molar-refractivity contribution in [3.63, 3.8) is 0 Å². The summed E-state index contributed by atoms with van der Waals surface area (Å²) in [5, 5.41) is 0. The maximum Gasteiger partial charge on any atom is 0.0488 e. The third-order valence-electron chi connectivity index (χ3n) is 3.94. The molecule has 20 heavy (non-hydrogen) atoms. The summed E-state index contributed by atoms with van der Waals surface area (Å²) in [5.41, 5.74) is 7.94. The van der Waals surface area contributed by atoms with Crippen LogP contribution in [0.2, 0.25) is 0 Å². The Balaban J connectivity index is 1.78. The predicted molar refractivity (Wildman–Crippen MR) is 79.5 cm³/mol. The van der Waals surface area contributed by atoms with Crippen molar-refractivity contribution in [2.45, 2.75) is 12.8 Å². The highest BCUT2D eigenvalue weighted by atomic mass is 14.7. The average Bonchev–Trinajstić information content (AvgIpc) is 2.88. The molecular weight excluding hydrogens is 244 g/mol. The van der Waals surface area contributed by atoms with Crippen molar-refractivity contribution in [1.29, 1.82) is 0 Å². The van der Waals surface area contributed by atoms with Gasteiger partial charge < -0.3 is 0 Å². The molecule has 2 heteroatoms. The minimum atomic E-state index is 0.875. The van der Waals surface area contributed by atoms with Gasteiger partial charge in [0.1, 0.15) is 0 Å². The van der Waals surface area contributed by atoms with Gasteiger partial charge in [-0.2, -0.15) is 0 Å². The Bertz CT molecular complexity index is 763. The second-order valence-electron chi connectivity index (χ2n) is 5.15. The summed E-state index contributed by atoms with van der Waals surface area (Å²) >= 11 is 0. The Morgan fingerprint density at radius 2 is 1.70 bits per heavy atom. The van der Waals surface area contributed by atoms with Crippen LogP contribution in [0.1, 0.15) is 22.4 Å². The molecule has 0 fully saturated rings. The molecule has 0 bridgehead atoms. The molecule has 0 atom stereocenters. The lowest BCUT2D eigenvalue weighted by Crippen LogP contribution is -1.98. The summed E-state index contributed by atoms with van der Waals surface area (Å²) < 4.78 is 0. The van der Waals surface area contributed by atoms with Crippen LogP contribution in [0.5, 0.6) is 0 Å². The third kappa shape index (κ3) is 1.81. The normalized spacial score (nSPS) is 12.0. The first kappa shape index (κ1) is 11.4. The molecule has 1 aliphatic rings. The highest BCUT2D eigenvalue weighted by molar-refractivity contribution is 5.77. The Labute approximate surface area is 118 Å². The van der Waals surface area contributed by atoms with Gasteiger partial charge in [0, 0.05) is 37.1 Å². The van der Waals surface area contributed by atoms with Crippen LogP contribution in [0, 0.1) is 0 Å². The third-order valence-corrected chi connectivity index (χ3v) is 3.94. The average molecular weight is 258 g/mol. The molecule has 2 aromatic heterocycles. The van der Waals surface area contributed by atoms with Gasteiger partial charge in [0.25, 0.3) is 0 Å². The smallest absolute Gasteiger partial charge is 0.0488 e. The number of nitrogens with zero attached hydrogens (tertiary/aromatic N) is 2. The van der Waals surface area contributed by atoms with Crippen LogP contribution in [-0.2, 0) is 12.8 Å². The second-order valence-corrected chi connectivity index (χ2v) is 5.15. The van der Waals surface area contributed by atoms with Gasteiger partial charge in [0.2, 0.25) is 0 Å². The van der Waals surface area contributed by atoms with Gasteiger partial charge in [-0.15, -0.1) is 0 Å².